The van der Waals surface area contributed by atoms with Gasteiger partial charge < -0.3 is 20.2 Å². The summed E-state index contributed by atoms with van der Waals surface area (Å²) >= 11 is 0. The van der Waals surface area contributed by atoms with E-state index in [1.54, 1.807) is 22.5 Å². The summed E-state index contributed by atoms with van der Waals surface area (Å²) in [5, 5.41) is 20.4. The van der Waals surface area contributed by atoms with E-state index in [0.717, 1.165) is 6.07 Å². The van der Waals surface area contributed by atoms with Crippen molar-refractivity contribution in [1.82, 2.24) is 25.4 Å². The Morgan fingerprint density at radius 1 is 1.19 bits per heavy atom. The summed E-state index contributed by atoms with van der Waals surface area (Å²) in [5.41, 5.74) is 0.864. The van der Waals surface area contributed by atoms with Gasteiger partial charge in [0.1, 0.15) is 18.6 Å². The Morgan fingerprint density at radius 3 is 2.67 bits per heavy atom. The number of carbonyl (C=O) groups is 2. The number of aromatic amines is 1. The summed E-state index contributed by atoms with van der Waals surface area (Å²) in [6, 6.07) is 5.61. The minimum absolute atomic E-state index is 0.240. The van der Waals surface area contributed by atoms with Crippen molar-refractivity contribution in [1.29, 1.82) is 0 Å². The van der Waals surface area contributed by atoms with Gasteiger partial charge >= 0.3 is 6.18 Å². The van der Waals surface area contributed by atoms with Gasteiger partial charge in [0.15, 0.2) is 5.65 Å². The Bertz CT molecular complexity index is 1320. The van der Waals surface area contributed by atoms with Crippen LogP contribution in [-0.2, 0) is 10.2 Å². The molecule has 1 unspecified atom stereocenters. The van der Waals surface area contributed by atoms with Crippen molar-refractivity contribution < 1.29 is 32.3 Å². The number of aromatic nitrogens is 3. The minimum Gasteiger partial charge on any atom is -0.373 e. The van der Waals surface area contributed by atoms with Crippen LogP contribution in [0.3, 0.4) is 0 Å². The van der Waals surface area contributed by atoms with Crippen LogP contribution < -0.4 is 10.2 Å². The Hall–Kier alpha value is -3.74. The SMILES string of the molecule is O=C(CN1c2cc(F)ccc2C2(CCN(C(=O)c3cnc4[nH]ncc4c3)CC2)C1O)NCC(F)(F)F. The molecule has 5 rings (SSSR count). The number of amides is 2. The van der Waals surface area contributed by atoms with Gasteiger partial charge in [-0.25, -0.2) is 9.37 Å². The number of nitrogens with one attached hydrogen (secondary N) is 2. The van der Waals surface area contributed by atoms with E-state index in [4.69, 9.17) is 0 Å². The summed E-state index contributed by atoms with van der Waals surface area (Å²) < 4.78 is 51.6. The van der Waals surface area contributed by atoms with E-state index in [9.17, 15) is 32.3 Å². The molecule has 1 spiro atoms. The molecule has 2 aliphatic heterocycles. The number of anilines is 1. The highest BCUT2D eigenvalue weighted by Crippen LogP contribution is 2.50. The summed E-state index contributed by atoms with van der Waals surface area (Å²) in [4.78, 5) is 32.3. The maximum Gasteiger partial charge on any atom is 0.405 e. The van der Waals surface area contributed by atoms with Gasteiger partial charge in [-0.2, -0.15) is 18.3 Å². The number of carbonyl (C=O) groups excluding carboxylic acids is 2. The number of alkyl halides is 3. The van der Waals surface area contributed by atoms with E-state index < -0.39 is 42.6 Å². The molecule has 36 heavy (non-hydrogen) atoms. The summed E-state index contributed by atoms with van der Waals surface area (Å²) in [6.45, 7) is -1.55. The number of aliphatic hydroxyl groups excluding tert-OH is 1. The third-order valence-corrected chi connectivity index (χ3v) is 6.88. The number of pyridine rings is 1. The van der Waals surface area contributed by atoms with Gasteiger partial charge in [-0.1, -0.05) is 6.07 Å². The first-order chi connectivity index (χ1) is 17.1. The number of halogens is 4. The maximum atomic E-state index is 14.1. The number of aliphatic hydroxyl groups is 1. The lowest BCUT2D eigenvalue weighted by molar-refractivity contribution is -0.137. The molecule has 1 aromatic carbocycles. The second kappa shape index (κ2) is 8.73. The van der Waals surface area contributed by atoms with Gasteiger partial charge in [0, 0.05) is 35.8 Å². The van der Waals surface area contributed by atoms with Crippen molar-refractivity contribution in [3.05, 3.63) is 53.6 Å². The minimum atomic E-state index is -4.58. The van der Waals surface area contributed by atoms with E-state index in [-0.39, 0.29) is 24.7 Å². The molecule has 190 valence electrons. The van der Waals surface area contributed by atoms with E-state index in [0.29, 0.717) is 35.0 Å². The number of likely N-dealkylation sites (tertiary alicyclic amines) is 1. The van der Waals surface area contributed by atoms with Crippen LogP contribution in [0.15, 0.2) is 36.7 Å². The van der Waals surface area contributed by atoms with Crippen LogP contribution in [-0.4, -0.2) is 75.6 Å². The Balaban J connectivity index is 1.34. The monoisotopic (exact) mass is 506 g/mol. The van der Waals surface area contributed by atoms with Crippen LogP contribution in [0, 0.1) is 5.82 Å². The fourth-order valence-corrected chi connectivity index (χ4v) is 5.09. The number of rotatable bonds is 4. The van der Waals surface area contributed by atoms with Crippen LogP contribution in [0.2, 0.25) is 0 Å². The highest BCUT2D eigenvalue weighted by atomic mass is 19.4. The lowest BCUT2D eigenvalue weighted by Gasteiger charge is -2.42. The number of nitrogens with zero attached hydrogens (tertiary/aromatic N) is 4. The molecule has 0 saturated carbocycles. The average Bonchev–Trinajstić information content (AvgIpc) is 3.39. The van der Waals surface area contributed by atoms with E-state index in [2.05, 4.69) is 15.2 Å². The number of H-pyrrole nitrogens is 1. The van der Waals surface area contributed by atoms with Gasteiger partial charge in [0.05, 0.1) is 18.3 Å². The molecule has 2 aromatic heterocycles. The predicted octanol–water partition coefficient (Wildman–Crippen LogP) is 2.09. The first-order valence-corrected chi connectivity index (χ1v) is 11.2. The third-order valence-electron chi connectivity index (χ3n) is 6.88. The number of hydrogen-bond donors (Lipinski definition) is 3. The van der Waals surface area contributed by atoms with Crippen LogP contribution in [0.1, 0.15) is 28.8 Å². The molecule has 3 aromatic rings. The molecule has 2 amide bonds. The summed E-state index contributed by atoms with van der Waals surface area (Å²) in [5.74, 6) is -1.79. The predicted molar refractivity (Wildman–Crippen MR) is 120 cm³/mol. The fourth-order valence-electron chi connectivity index (χ4n) is 5.09. The zero-order chi connectivity index (χ0) is 25.7. The molecule has 1 fully saturated rings. The molecule has 0 bridgehead atoms. The lowest BCUT2D eigenvalue weighted by atomic mass is 9.73. The highest BCUT2D eigenvalue weighted by molar-refractivity contribution is 5.96. The van der Waals surface area contributed by atoms with Crippen molar-refractivity contribution in [2.75, 3.05) is 31.1 Å². The standard InChI is InChI=1S/C23H22F4N6O3/c24-15-1-2-16-17(8-15)33(11-18(34)29-12-23(25,26)27)21(36)22(16)3-5-32(6-4-22)20(35)14-7-13-10-30-31-19(13)28-9-14/h1-2,7-10,21,36H,3-6,11-12H2,(H,29,34)(H,28,30,31). The first-order valence-electron chi connectivity index (χ1n) is 11.2. The molecule has 0 aliphatic carbocycles. The lowest BCUT2D eigenvalue weighted by Crippen LogP contribution is -2.54. The van der Waals surface area contributed by atoms with Crippen molar-refractivity contribution in [3.63, 3.8) is 0 Å². The van der Waals surface area contributed by atoms with Gasteiger partial charge in [-0.3, -0.25) is 14.7 Å². The van der Waals surface area contributed by atoms with E-state index >= 15 is 0 Å². The van der Waals surface area contributed by atoms with Gasteiger partial charge in [-0.05, 0) is 36.6 Å². The van der Waals surface area contributed by atoms with Crippen LogP contribution in [0.4, 0.5) is 23.2 Å². The van der Waals surface area contributed by atoms with Gasteiger partial charge in [-0.15, -0.1) is 0 Å². The molecule has 13 heteroatoms. The molecule has 0 radical (unpaired) electrons. The highest BCUT2D eigenvalue weighted by Gasteiger charge is 2.52. The molecule has 3 N–H and O–H groups in total. The second-order valence-electron chi connectivity index (χ2n) is 9.04. The maximum absolute atomic E-state index is 14.1. The number of hydrogen-bond acceptors (Lipinski definition) is 6. The van der Waals surface area contributed by atoms with Crippen molar-refractivity contribution >= 4 is 28.5 Å². The van der Waals surface area contributed by atoms with Crippen LogP contribution in [0.25, 0.3) is 11.0 Å². The van der Waals surface area contributed by atoms with Gasteiger partial charge in [0.2, 0.25) is 5.91 Å². The van der Waals surface area contributed by atoms with E-state index in [1.165, 1.54) is 23.2 Å². The summed E-state index contributed by atoms with van der Waals surface area (Å²) in [6.07, 6.45) is -2.24. The van der Waals surface area contributed by atoms with Crippen molar-refractivity contribution in [2.45, 2.75) is 30.7 Å². The van der Waals surface area contributed by atoms with E-state index in [1.807, 2.05) is 0 Å². The third kappa shape index (κ3) is 4.23. The van der Waals surface area contributed by atoms with Gasteiger partial charge in [0.25, 0.3) is 5.91 Å². The Morgan fingerprint density at radius 2 is 1.94 bits per heavy atom. The Kier molecular flexibility index (Phi) is 5.81. The fraction of sp³-hybridized carbons (Fsp3) is 0.391. The molecule has 1 atom stereocenters. The van der Waals surface area contributed by atoms with Crippen molar-refractivity contribution in [2.24, 2.45) is 0 Å². The molecule has 9 nitrogen and oxygen atoms in total. The van der Waals surface area contributed by atoms with Crippen LogP contribution >= 0.6 is 0 Å². The summed E-state index contributed by atoms with van der Waals surface area (Å²) in [7, 11) is 0. The van der Waals surface area contributed by atoms with Crippen molar-refractivity contribution in [3.8, 4) is 0 Å². The van der Waals surface area contributed by atoms with Crippen LogP contribution in [0.5, 0.6) is 0 Å². The topological polar surface area (TPSA) is 114 Å². The Labute approximate surface area is 202 Å². The average molecular weight is 506 g/mol. The molecular weight excluding hydrogens is 484 g/mol. The largest absolute Gasteiger partial charge is 0.405 e. The molecule has 2 aliphatic rings. The zero-order valence-corrected chi connectivity index (χ0v) is 18.8. The number of piperidine rings is 1. The zero-order valence-electron chi connectivity index (χ0n) is 18.8. The quantitative estimate of drug-likeness (QED) is 0.467. The molecular formula is C23H22F4N6O3. The molecule has 1 saturated heterocycles. The number of benzene rings is 1. The molecule has 4 heterocycles. The second-order valence-corrected chi connectivity index (χ2v) is 9.04. The number of fused-ring (bicyclic) bond motifs is 3. The normalized spacial score (nSPS) is 19.1. The first kappa shape index (κ1) is 24.0. The smallest absolute Gasteiger partial charge is 0.373 e.